The van der Waals surface area contributed by atoms with Gasteiger partial charge < -0.3 is 19.5 Å². The van der Waals surface area contributed by atoms with Gasteiger partial charge in [-0.05, 0) is 31.0 Å². The van der Waals surface area contributed by atoms with Crippen LogP contribution in [0.15, 0.2) is 42.5 Å². The van der Waals surface area contributed by atoms with E-state index >= 15 is 0 Å². The Morgan fingerprint density at radius 3 is 2.38 bits per heavy atom. The van der Waals surface area contributed by atoms with E-state index in [0.29, 0.717) is 18.0 Å². The van der Waals surface area contributed by atoms with Crippen LogP contribution < -0.4 is 14.8 Å². The van der Waals surface area contributed by atoms with E-state index in [-0.39, 0.29) is 22.4 Å². The van der Waals surface area contributed by atoms with Crippen molar-refractivity contribution < 1.29 is 23.8 Å². The molecule has 0 unspecified atom stereocenters. The van der Waals surface area contributed by atoms with Gasteiger partial charge in [0.15, 0.2) is 17.6 Å². The summed E-state index contributed by atoms with van der Waals surface area (Å²) in [5.41, 5.74) is 1.32. The molecule has 0 heterocycles. The average molecular weight is 420 g/mol. The Labute approximate surface area is 176 Å². The van der Waals surface area contributed by atoms with Crippen molar-refractivity contribution in [2.45, 2.75) is 32.3 Å². The minimum Gasteiger partial charge on any atom is -0.493 e. The van der Waals surface area contributed by atoms with Crippen molar-refractivity contribution in [1.29, 1.82) is 0 Å². The first kappa shape index (κ1) is 22.6. The van der Waals surface area contributed by atoms with E-state index in [1.54, 1.807) is 0 Å². The fraction of sp³-hybridized carbons (Fsp3) is 0.364. The fourth-order valence-corrected chi connectivity index (χ4v) is 3.20. The zero-order valence-corrected chi connectivity index (χ0v) is 17.8. The maximum atomic E-state index is 12.4. The van der Waals surface area contributed by atoms with Crippen LogP contribution in [0.5, 0.6) is 11.5 Å². The number of carbonyl (C=O) groups excluding carboxylic acids is 2. The number of amides is 1. The van der Waals surface area contributed by atoms with Crippen LogP contribution >= 0.6 is 11.6 Å². The molecular weight excluding hydrogens is 394 g/mol. The quantitative estimate of drug-likeness (QED) is 0.616. The number of rotatable bonds is 9. The molecule has 1 N–H and O–H groups in total. The molecule has 0 aliphatic carbocycles. The molecule has 29 heavy (non-hydrogen) atoms. The lowest BCUT2D eigenvalue weighted by atomic mass is 9.96. The number of nitrogens with one attached hydrogen (secondary N) is 1. The van der Waals surface area contributed by atoms with Crippen molar-refractivity contribution in [2.75, 3.05) is 20.8 Å². The molecular formula is C22H26ClNO5. The zero-order valence-electron chi connectivity index (χ0n) is 17.0. The summed E-state index contributed by atoms with van der Waals surface area (Å²) >= 11 is 6.12. The van der Waals surface area contributed by atoms with E-state index in [9.17, 15) is 9.59 Å². The number of halogens is 1. The second kappa shape index (κ2) is 10.7. The lowest BCUT2D eigenvalue weighted by Gasteiger charge is -2.19. The molecule has 0 aliphatic rings. The molecule has 156 valence electrons. The van der Waals surface area contributed by atoms with E-state index in [1.165, 1.54) is 33.3 Å². The monoisotopic (exact) mass is 419 g/mol. The van der Waals surface area contributed by atoms with E-state index in [2.05, 4.69) is 12.2 Å². The van der Waals surface area contributed by atoms with E-state index in [4.69, 9.17) is 25.8 Å². The van der Waals surface area contributed by atoms with Crippen molar-refractivity contribution in [2.24, 2.45) is 0 Å². The molecule has 2 atom stereocenters. The molecule has 1 amide bonds. The topological polar surface area (TPSA) is 73.9 Å². The Morgan fingerprint density at radius 1 is 1.10 bits per heavy atom. The smallest absolute Gasteiger partial charge is 0.339 e. The minimum atomic E-state index is -0.956. The summed E-state index contributed by atoms with van der Waals surface area (Å²) in [6, 6.07) is 12.8. The van der Waals surface area contributed by atoms with Gasteiger partial charge in [0.05, 0.1) is 24.8 Å². The normalized spacial score (nSPS) is 12.6. The summed E-state index contributed by atoms with van der Waals surface area (Å²) < 4.78 is 15.6. The van der Waals surface area contributed by atoms with Crippen LogP contribution in [0, 0.1) is 0 Å². The van der Waals surface area contributed by atoms with Crippen molar-refractivity contribution in [3.63, 3.8) is 0 Å². The molecule has 0 fully saturated rings. The maximum Gasteiger partial charge on any atom is 0.339 e. The lowest BCUT2D eigenvalue weighted by molar-refractivity contribution is -0.129. The number of benzene rings is 2. The van der Waals surface area contributed by atoms with Gasteiger partial charge in [0.2, 0.25) is 0 Å². The SMILES string of the molecule is CC[C@@H](CNC(=O)[C@@H](C)OC(=O)c1cc(Cl)c(OC)c(OC)c1)c1ccccc1. The summed E-state index contributed by atoms with van der Waals surface area (Å²) in [5, 5.41) is 3.07. The number of hydrogen-bond donors (Lipinski definition) is 1. The molecule has 2 rings (SSSR count). The summed E-state index contributed by atoms with van der Waals surface area (Å²) in [7, 11) is 2.89. The summed E-state index contributed by atoms with van der Waals surface area (Å²) in [4.78, 5) is 24.8. The van der Waals surface area contributed by atoms with Crippen LogP contribution in [-0.4, -0.2) is 38.7 Å². The summed E-state index contributed by atoms with van der Waals surface area (Å²) in [6.45, 7) is 4.05. The molecule has 0 bridgehead atoms. The van der Waals surface area contributed by atoms with Crippen molar-refractivity contribution in [3.05, 3.63) is 58.6 Å². The lowest BCUT2D eigenvalue weighted by Crippen LogP contribution is -2.38. The first-order chi connectivity index (χ1) is 13.9. The highest BCUT2D eigenvalue weighted by atomic mass is 35.5. The molecule has 0 aromatic heterocycles. The molecule has 0 saturated carbocycles. The van der Waals surface area contributed by atoms with Crippen molar-refractivity contribution >= 4 is 23.5 Å². The van der Waals surface area contributed by atoms with E-state index in [0.717, 1.165) is 12.0 Å². The molecule has 0 spiro atoms. The standard InChI is InChI=1S/C22H26ClNO5/c1-5-15(16-9-7-6-8-10-16)13-24-21(25)14(2)29-22(26)17-11-18(23)20(28-4)19(12-17)27-3/h6-12,14-15H,5,13H2,1-4H3,(H,24,25)/t14-,15+/m1/s1. The Morgan fingerprint density at radius 2 is 1.79 bits per heavy atom. The molecule has 2 aromatic carbocycles. The summed E-state index contributed by atoms with van der Waals surface area (Å²) in [5.74, 6) is -0.224. The summed E-state index contributed by atoms with van der Waals surface area (Å²) in [6.07, 6.45) is -0.0783. The van der Waals surface area contributed by atoms with Crippen molar-refractivity contribution in [1.82, 2.24) is 5.32 Å². The van der Waals surface area contributed by atoms with Crippen LogP contribution in [0.25, 0.3) is 0 Å². The molecule has 7 heteroatoms. The van der Waals surface area contributed by atoms with Gasteiger partial charge in [-0.2, -0.15) is 0 Å². The predicted octanol–water partition coefficient (Wildman–Crippen LogP) is 4.21. The molecule has 0 radical (unpaired) electrons. The first-order valence-corrected chi connectivity index (χ1v) is 9.74. The van der Waals surface area contributed by atoms with Crippen LogP contribution in [0.4, 0.5) is 0 Å². The number of hydrogen-bond acceptors (Lipinski definition) is 5. The molecule has 0 saturated heterocycles. The highest BCUT2D eigenvalue weighted by Crippen LogP contribution is 2.36. The van der Waals surface area contributed by atoms with Gasteiger partial charge >= 0.3 is 5.97 Å². The number of carbonyl (C=O) groups is 2. The Hall–Kier alpha value is -2.73. The third-order valence-electron chi connectivity index (χ3n) is 4.61. The van der Waals surface area contributed by atoms with Gasteiger partial charge in [0.25, 0.3) is 5.91 Å². The first-order valence-electron chi connectivity index (χ1n) is 9.36. The molecule has 0 aliphatic heterocycles. The van der Waals surface area contributed by atoms with E-state index < -0.39 is 12.1 Å². The van der Waals surface area contributed by atoms with Crippen LogP contribution in [0.3, 0.4) is 0 Å². The average Bonchev–Trinajstić information content (AvgIpc) is 2.73. The van der Waals surface area contributed by atoms with Crippen LogP contribution in [0.2, 0.25) is 5.02 Å². The third kappa shape index (κ3) is 5.87. The molecule has 2 aromatic rings. The van der Waals surface area contributed by atoms with Gasteiger partial charge in [-0.25, -0.2) is 4.79 Å². The largest absolute Gasteiger partial charge is 0.493 e. The van der Waals surface area contributed by atoms with Gasteiger partial charge in [0.1, 0.15) is 0 Å². The van der Waals surface area contributed by atoms with Crippen LogP contribution in [-0.2, 0) is 9.53 Å². The maximum absolute atomic E-state index is 12.4. The number of esters is 1. The van der Waals surface area contributed by atoms with Gasteiger partial charge in [-0.3, -0.25) is 4.79 Å². The number of ether oxygens (including phenoxy) is 3. The van der Waals surface area contributed by atoms with E-state index in [1.807, 2.05) is 30.3 Å². The fourth-order valence-electron chi connectivity index (χ4n) is 2.91. The Bertz CT molecular complexity index is 841. The van der Waals surface area contributed by atoms with Gasteiger partial charge in [-0.15, -0.1) is 0 Å². The highest BCUT2D eigenvalue weighted by molar-refractivity contribution is 6.32. The molecule has 6 nitrogen and oxygen atoms in total. The van der Waals surface area contributed by atoms with Gasteiger partial charge in [-0.1, -0.05) is 48.9 Å². The number of methoxy groups -OCH3 is 2. The van der Waals surface area contributed by atoms with Crippen LogP contribution in [0.1, 0.15) is 42.1 Å². The second-order valence-electron chi connectivity index (χ2n) is 6.50. The third-order valence-corrected chi connectivity index (χ3v) is 4.89. The Balaban J connectivity index is 1.98. The minimum absolute atomic E-state index is 0.169. The Kier molecular flexibility index (Phi) is 8.34. The predicted molar refractivity (Wildman–Crippen MR) is 112 cm³/mol. The van der Waals surface area contributed by atoms with Gasteiger partial charge in [0, 0.05) is 12.5 Å². The second-order valence-corrected chi connectivity index (χ2v) is 6.91. The zero-order chi connectivity index (χ0) is 21.4. The van der Waals surface area contributed by atoms with Crippen molar-refractivity contribution in [3.8, 4) is 11.5 Å². The highest BCUT2D eigenvalue weighted by Gasteiger charge is 2.22.